The Kier molecular flexibility index (Phi) is 4.28. The number of fused-ring (bicyclic) bond motifs is 1. The second-order valence-electron chi connectivity index (χ2n) is 6.46. The number of benzene rings is 1. The number of aryl methyl sites for hydroxylation is 1. The number of ether oxygens (including phenoxy) is 1. The Labute approximate surface area is 174 Å². The van der Waals surface area contributed by atoms with Gasteiger partial charge in [-0.05, 0) is 31.2 Å². The van der Waals surface area contributed by atoms with Gasteiger partial charge in [0.15, 0.2) is 17.5 Å². The van der Waals surface area contributed by atoms with Gasteiger partial charge in [0, 0.05) is 7.62 Å². The summed E-state index contributed by atoms with van der Waals surface area (Å²) in [4.78, 5) is 9.39. The zero-order valence-corrected chi connectivity index (χ0v) is 16.7. The maximum absolute atomic E-state index is 14.9. The third-order valence-electron chi connectivity index (χ3n) is 4.70. The summed E-state index contributed by atoms with van der Waals surface area (Å²) in [5, 5.41) is 11.8. The van der Waals surface area contributed by atoms with Crippen molar-refractivity contribution in [2.24, 2.45) is 0 Å². The van der Waals surface area contributed by atoms with Crippen LogP contribution < -0.4 is 4.74 Å². The van der Waals surface area contributed by atoms with Crippen molar-refractivity contribution in [3.8, 4) is 38.3 Å². The van der Waals surface area contributed by atoms with E-state index < -0.39 is 11.6 Å². The Bertz CT molecular complexity index is 1380. The van der Waals surface area contributed by atoms with Gasteiger partial charge in [-0.3, -0.25) is 5.10 Å². The standard InChI is InChI=1S/C20H14F2N6OS.H2/c1-10-14(12-5-3-4-8-28(12)27-10)20-25-17(18(30-20)19-23-9-24-26-19)15-13(29-2)7-6-11(21)16(15)22;/h3-9H,1-2H3,(H,23,24,26);1H. The number of thiazole rings is 1. The Balaban J connectivity index is 0.00000231. The van der Waals surface area contributed by atoms with Gasteiger partial charge >= 0.3 is 0 Å². The smallest absolute Gasteiger partial charge is 0.171 e. The molecule has 0 saturated heterocycles. The van der Waals surface area contributed by atoms with Crippen molar-refractivity contribution in [1.82, 2.24) is 29.8 Å². The van der Waals surface area contributed by atoms with E-state index in [0.717, 1.165) is 22.8 Å². The Hall–Kier alpha value is -3.66. The monoisotopic (exact) mass is 426 g/mol. The quantitative estimate of drug-likeness (QED) is 0.449. The van der Waals surface area contributed by atoms with Crippen LogP contribution in [-0.2, 0) is 0 Å². The van der Waals surface area contributed by atoms with Crippen LogP contribution in [0.3, 0.4) is 0 Å². The van der Waals surface area contributed by atoms with E-state index in [1.54, 1.807) is 4.52 Å². The number of halogens is 2. The fourth-order valence-electron chi connectivity index (χ4n) is 3.38. The van der Waals surface area contributed by atoms with E-state index in [-0.39, 0.29) is 18.4 Å². The second-order valence-corrected chi connectivity index (χ2v) is 7.46. The van der Waals surface area contributed by atoms with Gasteiger partial charge in [0.05, 0.1) is 40.0 Å². The second kappa shape index (κ2) is 6.99. The highest BCUT2D eigenvalue weighted by atomic mass is 32.1. The number of aromatic amines is 1. The van der Waals surface area contributed by atoms with Crippen molar-refractivity contribution in [2.75, 3.05) is 7.11 Å². The maximum Gasteiger partial charge on any atom is 0.171 e. The number of pyridine rings is 1. The molecule has 5 rings (SSSR count). The average Bonchev–Trinajstić information content (AvgIpc) is 3.47. The molecular weight excluding hydrogens is 410 g/mol. The Morgan fingerprint density at radius 3 is 2.80 bits per heavy atom. The lowest BCUT2D eigenvalue weighted by Gasteiger charge is -2.09. The van der Waals surface area contributed by atoms with Crippen LogP contribution >= 0.6 is 11.3 Å². The number of methoxy groups -OCH3 is 1. The summed E-state index contributed by atoms with van der Waals surface area (Å²) in [6, 6.07) is 8.10. The molecular formula is C20H16F2N6OS. The first kappa shape index (κ1) is 18.4. The lowest BCUT2D eigenvalue weighted by molar-refractivity contribution is 0.409. The van der Waals surface area contributed by atoms with E-state index in [9.17, 15) is 8.78 Å². The molecule has 0 unspecified atom stereocenters. The first-order valence-electron chi connectivity index (χ1n) is 8.91. The normalized spacial score (nSPS) is 11.3. The summed E-state index contributed by atoms with van der Waals surface area (Å²) in [7, 11) is 1.40. The molecule has 0 radical (unpaired) electrons. The van der Waals surface area contributed by atoms with Gasteiger partial charge < -0.3 is 4.74 Å². The molecule has 10 heteroatoms. The lowest BCUT2D eigenvalue weighted by atomic mass is 10.1. The largest absolute Gasteiger partial charge is 0.496 e. The first-order valence-corrected chi connectivity index (χ1v) is 9.73. The fourth-order valence-corrected chi connectivity index (χ4v) is 4.50. The van der Waals surface area contributed by atoms with Gasteiger partial charge in [-0.2, -0.15) is 10.2 Å². The summed E-state index contributed by atoms with van der Waals surface area (Å²) in [5.74, 6) is -1.46. The molecule has 1 aromatic carbocycles. The molecule has 30 heavy (non-hydrogen) atoms. The highest BCUT2D eigenvalue weighted by Gasteiger charge is 2.27. The molecule has 0 spiro atoms. The molecule has 0 saturated carbocycles. The first-order chi connectivity index (χ1) is 14.6. The molecule has 4 heterocycles. The predicted molar refractivity (Wildman–Crippen MR) is 110 cm³/mol. The number of H-pyrrole nitrogens is 1. The minimum Gasteiger partial charge on any atom is -0.496 e. The molecule has 0 aliphatic rings. The summed E-state index contributed by atoms with van der Waals surface area (Å²) in [5.41, 5.74) is 2.57. The van der Waals surface area contributed by atoms with Crippen molar-refractivity contribution < 1.29 is 14.9 Å². The van der Waals surface area contributed by atoms with Crippen LogP contribution in [0.25, 0.3) is 38.0 Å². The predicted octanol–water partition coefficient (Wildman–Crippen LogP) is 4.75. The maximum atomic E-state index is 14.9. The molecule has 7 nitrogen and oxygen atoms in total. The number of nitrogens with zero attached hydrogens (tertiary/aromatic N) is 5. The van der Waals surface area contributed by atoms with Gasteiger partial charge in [0.1, 0.15) is 17.1 Å². The number of aromatic nitrogens is 6. The molecule has 0 amide bonds. The summed E-state index contributed by atoms with van der Waals surface area (Å²) >= 11 is 1.29. The molecule has 0 aliphatic carbocycles. The lowest BCUT2D eigenvalue weighted by Crippen LogP contribution is -1.97. The molecule has 0 atom stereocenters. The van der Waals surface area contributed by atoms with Crippen molar-refractivity contribution in [3.63, 3.8) is 0 Å². The van der Waals surface area contributed by atoms with Gasteiger partial charge in [0.25, 0.3) is 0 Å². The molecule has 0 aliphatic heterocycles. The van der Waals surface area contributed by atoms with Crippen molar-refractivity contribution in [1.29, 1.82) is 0 Å². The number of hydrogen-bond acceptors (Lipinski definition) is 6. The third kappa shape index (κ3) is 2.76. The fraction of sp³-hybridized carbons (Fsp3) is 0.100. The topological polar surface area (TPSA) is 81.0 Å². The molecule has 152 valence electrons. The van der Waals surface area contributed by atoms with E-state index in [2.05, 4.69) is 20.3 Å². The minimum absolute atomic E-state index is 0. The van der Waals surface area contributed by atoms with Crippen LogP contribution in [0.1, 0.15) is 7.12 Å². The Morgan fingerprint density at radius 1 is 1.17 bits per heavy atom. The van der Waals surface area contributed by atoms with Gasteiger partial charge in [-0.1, -0.05) is 6.07 Å². The molecule has 0 fully saturated rings. The van der Waals surface area contributed by atoms with E-state index in [0.29, 0.717) is 15.7 Å². The van der Waals surface area contributed by atoms with E-state index in [4.69, 9.17) is 9.72 Å². The van der Waals surface area contributed by atoms with Crippen molar-refractivity contribution >= 4 is 16.9 Å². The summed E-state index contributed by atoms with van der Waals surface area (Å²) in [6.45, 7) is 1.88. The number of nitrogens with one attached hydrogen (secondary N) is 1. The van der Waals surface area contributed by atoms with E-state index in [1.165, 1.54) is 30.8 Å². The highest BCUT2D eigenvalue weighted by Crippen LogP contribution is 2.44. The number of rotatable bonds is 4. The van der Waals surface area contributed by atoms with Crippen molar-refractivity contribution in [3.05, 3.63) is 60.2 Å². The number of hydrogen-bond donors (Lipinski definition) is 1. The summed E-state index contributed by atoms with van der Waals surface area (Å²) < 4.78 is 36.0. The van der Waals surface area contributed by atoms with Crippen LogP contribution in [0.5, 0.6) is 5.75 Å². The summed E-state index contributed by atoms with van der Waals surface area (Å²) in [6.07, 6.45) is 3.19. The minimum atomic E-state index is -1.04. The molecule has 0 bridgehead atoms. The van der Waals surface area contributed by atoms with Crippen LogP contribution in [0.4, 0.5) is 8.78 Å². The van der Waals surface area contributed by atoms with Crippen LogP contribution in [-0.4, -0.2) is 36.9 Å². The molecule has 5 aromatic rings. The van der Waals surface area contributed by atoms with Crippen LogP contribution in [0, 0.1) is 18.6 Å². The van der Waals surface area contributed by atoms with Crippen LogP contribution in [0.2, 0.25) is 0 Å². The average molecular weight is 426 g/mol. The van der Waals surface area contributed by atoms with E-state index in [1.807, 2.05) is 31.3 Å². The van der Waals surface area contributed by atoms with Gasteiger partial charge in [-0.15, -0.1) is 11.3 Å². The third-order valence-corrected chi connectivity index (χ3v) is 5.78. The zero-order chi connectivity index (χ0) is 20.8. The highest BCUT2D eigenvalue weighted by molar-refractivity contribution is 7.19. The Morgan fingerprint density at radius 2 is 2.03 bits per heavy atom. The van der Waals surface area contributed by atoms with Gasteiger partial charge in [-0.25, -0.2) is 23.3 Å². The van der Waals surface area contributed by atoms with Crippen LogP contribution in [0.15, 0.2) is 42.9 Å². The SMILES string of the molecule is COc1ccc(F)c(F)c1-c1nc(-c2c(C)nn3ccccc23)sc1-c1ncn[nH]1.[HH]. The van der Waals surface area contributed by atoms with E-state index >= 15 is 0 Å². The molecule has 1 N–H and O–H groups in total. The van der Waals surface area contributed by atoms with Gasteiger partial charge in [0.2, 0.25) is 0 Å². The molecule has 4 aromatic heterocycles. The zero-order valence-electron chi connectivity index (χ0n) is 15.8. The van der Waals surface area contributed by atoms with Crippen molar-refractivity contribution in [2.45, 2.75) is 6.92 Å².